The smallest absolute Gasteiger partial charge is 0.252 e. The molecule has 1 aliphatic heterocycles. The lowest BCUT2D eigenvalue weighted by Gasteiger charge is -2.32. The van der Waals surface area contributed by atoms with Crippen molar-refractivity contribution >= 4 is 39.3 Å². The van der Waals surface area contributed by atoms with Crippen molar-refractivity contribution in [2.45, 2.75) is 18.9 Å². The molecule has 1 aromatic rings. The van der Waals surface area contributed by atoms with E-state index in [1.165, 1.54) is 0 Å². The van der Waals surface area contributed by atoms with Crippen molar-refractivity contribution in [1.82, 2.24) is 10.2 Å². The molecule has 2 rings (SSSR count). The van der Waals surface area contributed by atoms with Gasteiger partial charge in [0.2, 0.25) is 5.91 Å². The van der Waals surface area contributed by atoms with Crippen LogP contribution in [0.3, 0.4) is 0 Å². The van der Waals surface area contributed by atoms with E-state index < -0.39 is 0 Å². The molecule has 1 aliphatic rings. The molecule has 1 heterocycles. The lowest BCUT2D eigenvalue weighted by atomic mass is 10.0. The minimum atomic E-state index is -0.0837. The number of nitrogens with one attached hydrogen (secondary N) is 1. The Morgan fingerprint density at radius 3 is 2.55 bits per heavy atom. The predicted molar refractivity (Wildman–Crippen MR) is 81.9 cm³/mol. The van der Waals surface area contributed by atoms with Crippen LogP contribution in [0, 0.1) is 0 Å². The average Bonchev–Trinajstić information content (AvgIpc) is 2.47. The fourth-order valence-corrected chi connectivity index (χ4v) is 2.90. The van der Waals surface area contributed by atoms with Gasteiger partial charge in [-0.2, -0.15) is 0 Å². The van der Waals surface area contributed by atoms with Crippen molar-refractivity contribution in [2.75, 3.05) is 19.0 Å². The lowest BCUT2D eigenvalue weighted by Crippen LogP contribution is -2.46. The summed E-state index contributed by atoms with van der Waals surface area (Å²) in [5.74, 6) is -0.101. The summed E-state index contributed by atoms with van der Waals surface area (Å²) in [6.07, 6.45) is 1.53. The number of carbonyl (C=O) groups is 2. The second-order valence-corrected chi connectivity index (χ2v) is 5.86. The van der Waals surface area contributed by atoms with Gasteiger partial charge in [-0.15, -0.1) is 11.6 Å². The molecule has 20 heavy (non-hydrogen) atoms. The SMILES string of the molecule is O=C(NC1CCN(C(=O)CCl)CC1)c1ccccc1Br. The number of carbonyl (C=O) groups excluding carboxylic acids is 2. The summed E-state index contributed by atoms with van der Waals surface area (Å²) in [7, 11) is 0. The maximum absolute atomic E-state index is 12.2. The summed E-state index contributed by atoms with van der Waals surface area (Å²) in [6.45, 7) is 1.29. The van der Waals surface area contributed by atoms with Crippen LogP contribution in [0.2, 0.25) is 0 Å². The van der Waals surface area contributed by atoms with E-state index >= 15 is 0 Å². The van der Waals surface area contributed by atoms with Crippen molar-refractivity contribution in [3.05, 3.63) is 34.3 Å². The molecular weight excluding hydrogens is 344 g/mol. The molecule has 4 nitrogen and oxygen atoms in total. The summed E-state index contributed by atoms with van der Waals surface area (Å²) in [5, 5.41) is 3.01. The maximum atomic E-state index is 12.2. The molecule has 0 aliphatic carbocycles. The third-order valence-corrected chi connectivity index (χ3v) is 4.34. The van der Waals surface area contributed by atoms with Crippen molar-refractivity contribution in [2.24, 2.45) is 0 Å². The number of hydrogen-bond donors (Lipinski definition) is 1. The minimum Gasteiger partial charge on any atom is -0.349 e. The zero-order valence-corrected chi connectivity index (χ0v) is 13.3. The van der Waals surface area contributed by atoms with Crippen molar-refractivity contribution in [1.29, 1.82) is 0 Å². The van der Waals surface area contributed by atoms with Crippen molar-refractivity contribution in [3.63, 3.8) is 0 Å². The normalized spacial score (nSPS) is 16.0. The van der Waals surface area contributed by atoms with Crippen molar-refractivity contribution in [3.8, 4) is 0 Å². The fraction of sp³-hybridized carbons (Fsp3) is 0.429. The van der Waals surface area contributed by atoms with Crippen LogP contribution in [0.4, 0.5) is 0 Å². The molecule has 1 fully saturated rings. The van der Waals surface area contributed by atoms with Gasteiger partial charge in [0.15, 0.2) is 0 Å². The van der Waals surface area contributed by atoms with E-state index in [2.05, 4.69) is 21.2 Å². The fourth-order valence-electron chi connectivity index (χ4n) is 2.27. The molecule has 0 aromatic heterocycles. The number of alkyl halides is 1. The zero-order valence-electron chi connectivity index (χ0n) is 10.9. The van der Waals surface area contributed by atoms with Gasteiger partial charge in [0.25, 0.3) is 5.91 Å². The van der Waals surface area contributed by atoms with Crippen LogP contribution in [0.1, 0.15) is 23.2 Å². The van der Waals surface area contributed by atoms with Gasteiger partial charge in [0.1, 0.15) is 5.88 Å². The topological polar surface area (TPSA) is 49.4 Å². The number of amides is 2. The Balaban J connectivity index is 1.88. The van der Waals surface area contributed by atoms with Crippen LogP contribution in [0.15, 0.2) is 28.7 Å². The summed E-state index contributed by atoms with van der Waals surface area (Å²) >= 11 is 8.91. The molecule has 0 bridgehead atoms. The first kappa shape index (κ1) is 15.3. The Labute approximate surface area is 131 Å². The van der Waals surface area contributed by atoms with Crippen molar-refractivity contribution < 1.29 is 9.59 Å². The van der Waals surface area contributed by atoms with Gasteiger partial charge in [-0.25, -0.2) is 0 Å². The van der Waals surface area contributed by atoms with Gasteiger partial charge in [-0.3, -0.25) is 9.59 Å². The molecule has 2 amide bonds. The molecule has 0 unspecified atom stereocenters. The summed E-state index contributed by atoms with van der Waals surface area (Å²) in [4.78, 5) is 25.4. The molecule has 1 saturated heterocycles. The Morgan fingerprint density at radius 2 is 1.95 bits per heavy atom. The zero-order chi connectivity index (χ0) is 14.5. The van der Waals surface area contributed by atoms with Crippen LogP contribution in [0.5, 0.6) is 0 Å². The van der Waals surface area contributed by atoms with Crippen LogP contribution >= 0.6 is 27.5 Å². The molecule has 6 heteroatoms. The number of halogens is 2. The molecule has 0 radical (unpaired) electrons. The van der Waals surface area contributed by atoms with Crippen LogP contribution < -0.4 is 5.32 Å². The molecule has 1 N–H and O–H groups in total. The summed E-state index contributed by atoms with van der Waals surface area (Å²) < 4.78 is 0.784. The predicted octanol–water partition coefficient (Wildman–Crippen LogP) is 2.41. The Bertz CT molecular complexity index is 502. The highest BCUT2D eigenvalue weighted by Crippen LogP contribution is 2.17. The monoisotopic (exact) mass is 358 g/mol. The van der Waals surface area contributed by atoms with E-state index in [4.69, 9.17) is 11.6 Å². The molecule has 108 valence electrons. The molecule has 0 saturated carbocycles. The lowest BCUT2D eigenvalue weighted by molar-refractivity contribution is -0.129. The number of rotatable bonds is 3. The van der Waals surface area contributed by atoms with Gasteiger partial charge in [-0.1, -0.05) is 12.1 Å². The second kappa shape index (κ2) is 7.09. The van der Waals surface area contributed by atoms with E-state index in [1.807, 2.05) is 18.2 Å². The van der Waals surface area contributed by atoms with E-state index in [-0.39, 0.29) is 23.7 Å². The quantitative estimate of drug-likeness (QED) is 0.843. The highest BCUT2D eigenvalue weighted by Gasteiger charge is 2.23. The first-order chi connectivity index (χ1) is 9.61. The standard InChI is InChI=1S/C14H16BrClN2O2/c15-12-4-2-1-3-11(12)14(20)17-10-5-7-18(8-6-10)13(19)9-16/h1-4,10H,5-9H2,(H,17,20). The highest BCUT2D eigenvalue weighted by atomic mass is 79.9. The van der Waals surface area contributed by atoms with E-state index in [9.17, 15) is 9.59 Å². The van der Waals surface area contributed by atoms with Gasteiger partial charge < -0.3 is 10.2 Å². The number of benzene rings is 1. The number of piperidine rings is 1. The molecule has 1 aromatic carbocycles. The number of likely N-dealkylation sites (tertiary alicyclic amines) is 1. The van der Waals surface area contributed by atoms with Crippen LogP contribution in [0.25, 0.3) is 0 Å². The van der Waals surface area contributed by atoms with Crippen LogP contribution in [-0.4, -0.2) is 41.7 Å². The number of hydrogen-bond acceptors (Lipinski definition) is 2. The first-order valence-electron chi connectivity index (χ1n) is 6.51. The first-order valence-corrected chi connectivity index (χ1v) is 7.83. The third-order valence-electron chi connectivity index (χ3n) is 3.42. The van der Waals surface area contributed by atoms with E-state index in [0.717, 1.165) is 17.3 Å². The number of nitrogens with zero attached hydrogens (tertiary/aromatic N) is 1. The minimum absolute atomic E-state index is 0.0218. The van der Waals surface area contributed by atoms with E-state index in [1.54, 1.807) is 11.0 Å². The van der Waals surface area contributed by atoms with Gasteiger partial charge in [0, 0.05) is 23.6 Å². The largest absolute Gasteiger partial charge is 0.349 e. The van der Waals surface area contributed by atoms with Gasteiger partial charge in [-0.05, 0) is 40.9 Å². The Morgan fingerprint density at radius 1 is 1.30 bits per heavy atom. The second-order valence-electron chi connectivity index (χ2n) is 4.74. The highest BCUT2D eigenvalue weighted by molar-refractivity contribution is 9.10. The van der Waals surface area contributed by atoms with Crippen LogP contribution in [-0.2, 0) is 4.79 Å². The maximum Gasteiger partial charge on any atom is 0.252 e. The third kappa shape index (κ3) is 3.73. The van der Waals surface area contributed by atoms with Gasteiger partial charge in [0.05, 0.1) is 5.56 Å². The van der Waals surface area contributed by atoms with E-state index in [0.29, 0.717) is 18.7 Å². The Hall–Kier alpha value is -1.07. The average molecular weight is 360 g/mol. The molecular formula is C14H16BrClN2O2. The van der Waals surface area contributed by atoms with Gasteiger partial charge >= 0.3 is 0 Å². The molecule has 0 atom stereocenters. The summed E-state index contributed by atoms with van der Waals surface area (Å²) in [6, 6.07) is 7.44. The molecule has 0 spiro atoms. The Kier molecular flexibility index (Phi) is 5.43. The summed E-state index contributed by atoms with van der Waals surface area (Å²) in [5.41, 5.74) is 0.631.